The highest BCUT2D eigenvalue weighted by Gasteiger charge is 2.64. The number of morpholine rings is 1. The van der Waals surface area contributed by atoms with Gasteiger partial charge in [-0.25, -0.2) is 0 Å². The Morgan fingerprint density at radius 2 is 1.90 bits per heavy atom. The minimum absolute atomic E-state index is 0.0110. The summed E-state index contributed by atoms with van der Waals surface area (Å²) in [6.07, 6.45) is 0.109. The lowest BCUT2D eigenvalue weighted by molar-refractivity contribution is -0.157. The van der Waals surface area contributed by atoms with Crippen LogP contribution in [0.15, 0.2) is 33.6 Å². The highest BCUT2D eigenvalue weighted by molar-refractivity contribution is 6.24. The minimum Gasteiger partial charge on any atom is -0.508 e. The summed E-state index contributed by atoms with van der Waals surface area (Å²) in [6.45, 7) is 2.81. The van der Waals surface area contributed by atoms with E-state index in [1.807, 2.05) is 0 Å². The van der Waals surface area contributed by atoms with Gasteiger partial charge in [-0.3, -0.25) is 19.3 Å². The summed E-state index contributed by atoms with van der Waals surface area (Å²) >= 11 is 0. The number of ether oxygens (including phenoxy) is 1. The number of aliphatic hydroxyl groups is 3. The summed E-state index contributed by atoms with van der Waals surface area (Å²) in [5.41, 5.74) is 2.52. The van der Waals surface area contributed by atoms with E-state index in [2.05, 4.69) is 10.1 Å². The van der Waals surface area contributed by atoms with E-state index in [9.17, 15) is 34.8 Å². The van der Waals surface area contributed by atoms with Crippen molar-refractivity contribution in [2.24, 2.45) is 17.6 Å². The van der Waals surface area contributed by atoms with E-state index in [1.165, 1.54) is 6.07 Å². The molecule has 1 aromatic heterocycles. The summed E-state index contributed by atoms with van der Waals surface area (Å²) < 4.78 is 10.7. The quantitative estimate of drug-likeness (QED) is 0.329. The number of hydrogen-bond acceptors (Lipinski definition) is 12. The number of ketones is 2. The molecular weight excluding hydrogens is 512 g/mol. The highest BCUT2D eigenvalue weighted by atomic mass is 16.5. The molecule has 204 valence electrons. The number of phenolic OH excluding ortho intramolecular Hbond substituents is 1. The molecule has 2 aromatic rings. The molecule has 4 aliphatic rings. The minimum atomic E-state index is -2.70. The Labute approximate surface area is 221 Å². The van der Waals surface area contributed by atoms with Crippen molar-refractivity contribution in [2.75, 3.05) is 26.3 Å². The monoisotopic (exact) mass is 538 g/mol. The van der Waals surface area contributed by atoms with Gasteiger partial charge in [-0.15, -0.1) is 0 Å². The standard InChI is InChI=1S/C26H26N4O9/c1-10-28-25(39-29-10)12-2-3-15(31)17-13(12)8-11-9-14-19(30-4-6-38-7-5-30)21(33)18(24(27)36)23(35)26(14,37)22(34)16(11)20(17)32/h2-3,11,14,19,31-32,35,37H,4-9H2,1H3,(H2,27,36). The van der Waals surface area contributed by atoms with Crippen molar-refractivity contribution in [1.29, 1.82) is 0 Å². The molecular formula is C26H26N4O9. The Morgan fingerprint density at radius 3 is 2.54 bits per heavy atom. The van der Waals surface area contributed by atoms with Crippen LogP contribution in [0.3, 0.4) is 0 Å². The van der Waals surface area contributed by atoms with E-state index >= 15 is 0 Å². The number of amides is 1. The topological polar surface area (TPSA) is 210 Å². The Morgan fingerprint density at radius 1 is 1.18 bits per heavy atom. The molecule has 1 aromatic carbocycles. The van der Waals surface area contributed by atoms with Gasteiger partial charge in [-0.05, 0) is 43.4 Å². The summed E-state index contributed by atoms with van der Waals surface area (Å²) in [4.78, 5) is 45.8. The highest BCUT2D eigenvalue weighted by Crippen LogP contribution is 2.53. The predicted molar refractivity (Wildman–Crippen MR) is 131 cm³/mol. The lowest BCUT2D eigenvalue weighted by Crippen LogP contribution is -2.67. The molecule has 4 atom stereocenters. The van der Waals surface area contributed by atoms with E-state index < -0.39 is 58.0 Å². The third-order valence-corrected chi connectivity index (χ3v) is 8.24. The molecule has 13 heteroatoms. The summed E-state index contributed by atoms with van der Waals surface area (Å²) in [7, 11) is 0. The van der Waals surface area contributed by atoms with E-state index in [1.54, 1.807) is 17.9 Å². The van der Waals surface area contributed by atoms with E-state index in [4.69, 9.17) is 15.0 Å². The molecule has 6 rings (SSSR count). The van der Waals surface area contributed by atoms with Crippen LogP contribution in [0, 0.1) is 18.8 Å². The van der Waals surface area contributed by atoms with Crippen molar-refractivity contribution in [3.63, 3.8) is 0 Å². The molecule has 3 aliphatic carbocycles. The van der Waals surface area contributed by atoms with Gasteiger partial charge in [-0.2, -0.15) is 4.98 Å². The fourth-order valence-corrected chi connectivity index (χ4v) is 6.53. The molecule has 39 heavy (non-hydrogen) atoms. The number of aryl methyl sites for hydroxylation is 1. The summed E-state index contributed by atoms with van der Waals surface area (Å²) in [5.74, 6) is -6.48. The number of primary amides is 1. The Kier molecular flexibility index (Phi) is 5.64. The molecule has 1 amide bonds. The van der Waals surface area contributed by atoms with Gasteiger partial charge in [0, 0.05) is 30.1 Å². The molecule has 4 unspecified atom stereocenters. The Balaban J connectivity index is 1.54. The number of aromatic hydroxyl groups is 1. The maximum Gasteiger partial charge on any atom is 0.258 e. The van der Waals surface area contributed by atoms with Crippen molar-refractivity contribution in [1.82, 2.24) is 15.0 Å². The zero-order valence-electron chi connectivity index (χ0n) is 20.9. The second-order valence-electron chi connectivity index (χ2n) is 10.3. The number of nitrogens with two attached hydrogens (primary N) is 1. The van der Waals surface area contributed by atoms with Gasteiger partial charge in [0.15, 0.2) is 17.2 Å². The number of aliphatic hydroxyl groups excluding tert-OH is 2. The number of phenols is 1. The third kappa shape index (κ3) is 3.46. The molecule has 1 saturated carbocycles. The lowest BCUT2D eigenvalue weighted by Gasteiger charge is -2.51. The summed E-state index contributed by atoms with van der Waals surface area (Å²) in [6, 6.07) is 1.73. The summed E-state index contributed by atoms with van der Waals surface area (Å²) in [5, 5.41) is 48.7. The van der Waals surface area contributed by atoms with E-state index in [0.29, 0.717) is 43.3 Å². The Hall–Kier alpha value is -4.07. The molecule has 2 heterocycles. The molecule has 6 N–H and O–H groups in total. The second kappa shape index (κ2) is 8.73. The van der Waals surface area contributed by atoms with Crippen LogP contribution in [-0.4, -0.2) is 90.9 Å². The number of benzene rings is 1. The van der Waals surface area contributed by atoms with Gasteiger partial charge in [0.25, 0.3) is 11.8 Å². The van der Waals surface area contributed by atoms with Gasteiger partial charge >= 0.3 is 0 Å². The van der Waals surface area contributed by atoms with Gasteiger partial charge < -0.3 is 35.4 Å². The maximum atomic E-state index is 14.0. The smallest absolute Gasteiger partial charge is 0.258 e. The number of fused-ring (bicyclic) bond motifs is 3. The van der Waals surface area contributed by atoms with Crippen LogP contribution < -0.4 is 5.73 Å². The predicted octanol–water partition coefficient (Wildman–Crippen LogP) is 0.0930. The SMILES string of the molecule is Cc1noc(-c2ccc(O)c3c2CC2CC4C(N5CCOCC5)C(=O)C(C(N)=O)=C(O)C4(O)C(=O)C2=C3O)n1. The zero-order chi connectivity index (χ0) is 27.8. The van der Waals surface area contributed by atoms with Crippen LogP contribution in [-0.2, 0) is 25.5 Å². The first-order chi connectivity index (χ1) is 18.6. The number of rotatable bonds is 3. The normalized spacial score (nSPS) is 29.2. The molecule has 0 radical (unpaired) electrons. The number of hydrogen-bond donors (Lipinski definition) is 5. The molecule has 1 saturated heterocycles. The fourth-order valence-electron chi connectivity index (χ4n) is 6.53. The first-order valence-corrected chi connectivity index (χ1v) is 12.5. The van der Waals surface area contributed by atoms with Crippen LogP contribution in [0.25, 0.3) is 17.2 Å². The van der Waals surface area contributed by atoms with Gasteiger partial charge in [0.05, 0.1) is 24.8 Å². The second-order valence-corrected chi connectivity index (χ2v) is 10.3. The van der Waals surface area contributed by atoms with Gasteiger partial charge in [-0.1, -0.05) is 5.16 Å². The van der Waals surface area contributed by atoms with Crippen LogP contribution in [0.5, 0.6) is 5.75 Å². The first-order valence-electron chi connectivity index (χ1n) is 12.5. The van der Waals surface area contributed by atoms with Crippen molar-refractivity contribution >= 4 is 23.2 Å². The lowest BCUT2D eigenvalue weighted by atomic mass is 9.57. The average Bonchev–Trinajstić information content (AvgIpc) is 3.32. The van der Waals surface area contributed by atoms with Crippen molar-refractivity contribution in [3.05, 3.63) is 46.0 Å². The molecule has 1 aliphatic heterocycles. The van der Waals surface area contributed by atoms with Gasteiger partial charge in [0.2, 0.25) is 5.78 Å². The van der Waals surface area contributed by atoms with Crippen LogP contribution in [0.1, 0.15) is 23.4 Å². The number of carbonyl (C=O) groups excluding carboxylic acids is 3. The van der Waals surface area contributed by atoms with Crippen molar-refractivity contribution in [2.45, 2.75) is 31.4 Å². The van der Waals surface area contributed by atoms with E-state index in [-0.39, 0.29) is 35.6 Å². The van der Waals surface area contributed by atoms with Crippen molar-refractivity contribution in [3.8, 4) is 17.2 Å². The number of aromatic nitrogens is 2. The maximum absolute atomic E-state index is 14.0. The van der Waals surface area contributed by atoms with Crippen LogP contribution in [0.4, 0.5) is 0 Å². The largest absolute Gasteiger partial charge is 0.508 e. The van der Waals surface area contributed by atoms with Gasteiger partial charge in [0.1, 0.15) is 22.8 Å². The molecule has 0 spiro atoms. The van der Waals surface area contributed by atoms with Crippen LogP contribution in [0.2, 0.25) is 0 Å². The number of nitrogens with zero attached hydrogens (tertiary/aromatic N) is 3. The third-order valence-electron chi connectivity index (χ3n) is 8.24. The molecule has 13 nitrogen and oxygen atoms in total. The van der Waals surface area contributed by atoms with E-state index in [0.717, 1.165) is 0 Å². The first kappa shape index (κ1) is 25.2. The number of carbonyl (C=O) groups is 3. The number of Topliss-reactive ketones (excluding diaryl/α,β-unsaturated/α-hetero) is 2. The van der Waals surface area contributed by atoms with Crippen LogP contribution >= 0.6 is 0 Å². The molecule has 2 fully saturated rings. The Bertz CT molecular complexity index is 1500. The fraction of sp³-hybridized carbons (Fsp3) is 0.423. The molecule has 0 bridgehead atoms. The average molecular weight is 539 g/mol. The zero-order valence-corrected chi connectivity index (χ0v) is 20.9. The van der Waals surface area contributed by atoms with Crippen molar-refractivity contribution < 1.29 is 44.1 Å².